The third-order valence-electron chi connectivity index (χ3n) is 3.86. The van der Waals surface area contributed by atoms with E-state index in [-0.39, 0.29) is 11.4 Å². The molecule has 4 nitrogen and oxygen atoms in total. The Balaban J connectivity index is 2.09. The molecule has 5 heteroatoms. The predicted octanol–water partition coefficient (Wildman–Crippen LogP) is 2.69. The maximum absolute atomic E-state index is 12.0. The monoisotopic (exact) mass is 299 g/mol. The summed E-state index contributed by atoms with van der Waals surface area (Å²) in [5.41, 5.74) is 1.23. The number of hydrogen-bond donors (Lipinski definition) is 1. The zero-order valence-corrected chi connectivity index (χ0v) is 13.6. The number of nitrogens with one attached hydrogen (secondary N) is 1. The molecule has 1 N–H and O–H groups in total. The molecule has 0 aromatic carbocycles. The highest BCUT2D eigenvalue weighted by Gasteiger charge is 2.37. The molecule has 2 aliphatic rings. The van der Waals surface area contributed by atoms with Crippen molar-refractivity contribution in [2.24, 2.45) is 5.41 Å². The largest absolute Gasteiger partial charge is 0.465 e. The Bertz CT molecular complexity index is 394. The van der Waals surface area contributed by atoms with Crippen molar-refractivity contribution in [1.29, 1.82) is 0 Å². The maximum Gasteiger partial charge on any atom is 0.346 e. The average molecular weight is 299 g/mol. The fraction of sp³-hybridized carbons (Fsp3) is 0.800. The van der Waals surface area contributed by atoms with Gasteiger partial charge in [-0.2, -0.15) is 0 Å². The van der Waals surface area contributed by atoms with Crippen LogP contribution >= 0.6 is 11.8 Å². The Morgan fingerprint density at radius 2 is 2.00 bits per heavy atom. The Hall–Kier alpha value is -0.680. The maximum atomic E-state index is 12.0. The Labute approximate surface area is 125 Å². The Kier molecular flexibility index (Phi) is 5.02. The van der Waals surface area contributed by atoms with Crippen LogP contribution in [0.1, 0.15) is 40.0 Å². The number of methoxy groups -OCH3 is 1. The minimum Gasteiger partial charge on any atom is -0.465 e. The lowest BCUT2D eigenvalue weighted by Crippen LogP contribution is -2.35. The number of thioether (sulfide) groups is 1. The third kappa shape index (κ3) is 3.70. The van der Waals surface area contributed by atoms with Gasteiger partial charge in [0.25, 0.3) is 0 Å². The summed E-state index contributed by atoms with van der Waals surface area (Å²) in [6.07, 6.45) is 2.92. The van der Waals surface area contributed by atoms with Crippen LogP contribution in [0.2, 0.25) is 0 Å². The van der Waals surface area contributed by atoms with Crippen LogP contribution in [0.4, 0.5) is 0 Å². The van der Waals surface area contributed by atoms with Crippen molar-refractivity contribution in [2.45, 2.75) is 51.3 Å². The van der Waals surface area contributed by atoms with Crippen molar-refractivity contribution < 1.29 is 14.3 Å². The first-order valence-electron chi connectivity index (χ1n) is 7.24. The molecule has 2 rings (SSSR count). The van der Waals surface area contributed by atoms with E-state index in [9.17, 15) is 4.79 Å². The second-order valence-electron chi connectivity index (χ2n) is 6.51. The fourth-order valence-electron chi connectivity index (χ4n) is 2.49. The summed E-state index contributed by atoms with van der Waals surface area (Å²) >= 11 is 1.66. The molecular formula is C15H25NO3S. The van der Waals surface area contributed by atoms with E-state index < -0.39 is 0 Å². The molecule has 0 amide bonds. The van der Waals surface area contributed by atoms with Gasteiger partial charge in [0, 0.05) is 36.6 Å². The standard InChI is InChI=1S/C15H25NO3S/c1-15(2,3)12-9-11(13(20-12)14(17)18-4)16-10-5-7-19-8-6-10/h10,12,16H,5-9H2,1-4H3. The predicted molar refractivity (Wildman–Crippen MR) is 81.5 cm³/mol. The van der Waals surface area contributed by atoms with Gasteiger partial charge in [-0.1, -0.05) is 20.8 Å². The lowest BCUT2D eigenvalue weighted by molar-refractivity contribution is -0.135. The van der Waals surface area contributed by atoms with E-state index in [1.807, 2.05) is 0 Å². The van der Waals surface area contributed by atoms with E-state index in [0.29, 0.717) is 11.3 Å². The van der Waals surface area contributed by atoms with E-state index in [4.69, 9.17) is 9.47 Å². The molecule has 1 saturated heterocycles. The van der Waals surface area contributed by atoms with Gasteiger partial charge in [0.15, 0.2) is 0 Å². The van der Waals surface area contributed by atoms with Crippen molar-refractivity contribution in [3.63, 3.8) is 0 Å². The van der Waals surface area contributed by atoms with Crippen LogP contribution in [0.5, 0.6) is 0 Å². The van der Waals surface area contributed by atoms with Crippen molar-refractivity contribution in [3.05, 3.63) is 10.6 Å². The van der Waals surface area contributed by atoms with Gasteiger partial charge >= 0.3 is 5.97 Å². The minimum absolute atomic E-state index is 0.170. The third-order valence-corrected chi connectivity index (χ3v) is 5.67. The summed E-state index contributed by atoms with van der Waals surface area (Å²) in [6.45, 7) is 8.26. The van der Waals surface area contributed by atoms with Gasteiger partial charge in [0.2, 0.25) is 0 Å². The van der Waals surface area contributed by atoms with E-state index >= 15 is 0 Å². The van der Waals surface area contributed by atoms with Gasteiger partial charge in [-0.3, -0.25) is 0 Å². The van der Waals surface area contributed by atoms with Crippen molar-refractivity contribution in [2.75, 3.05) is 20.3 Å². The van der Waals surface area contributed by atoms with Crippen LogP contribution in [-0.2, 0) is 14.3 Å². The Morgan fingerprint density at radius 3 is 2.55 bits per heavy atom. The van der Waals surface area contributed by atoms with Crippen LogP contribution in [0.3, 0.4) is 0 Å². The van der Waals surface area contributed by atoms with Crippen LogP contribution in [0.15, 0.2) is 10.6 Å². The molecule has 0 bridgehead atoms. The van der Waals surface area contributed by atoms with Crippen LogP contribution < -0.4 is 5.32 Å². The first kappa shape index (κ1) is 15.7. The molecule has 1 atom stereocenters. The summed E-state index contributed by atoms with van der Waals surface area (Å²) in [4.78, 5) is 12.7. The smallest absolute Gasteiger partial charge is 0.346 e. The second kappa shape index (κ2) is 6.39. The van der Waals surface area contributed by atoms with Gasteiger partial charge in [-0.15, -0.1) is 11.8 Å². The highest BCUT2D eigenvalue weighted by Crippen LogP contribution is 2.45. The summed E-state index contributed by atoms with van der Waals surface area (Å²) in [5.74, 6) is -0.212. The lowest BCUT2D eigenvalue weighted by atomic mass is 9.89. The summed E-state index contributed by atoms with van der Waals surface area (Å²) in [7, 11) is 1.45. The highest BCUT2D eigenvalue weighted by molar-refractivity contribution is 8.04. The molecule has 0 saturated carbocycles. The normalized spacial score (nSPS) is 24.9. The van der Waals surface area contributed by atoms with E-state index in [2.05, 4.69) is 26.1 Å². The topological polar surface area (TPSA) is 47.6 Å². The summed E-state index contributed by atoms with van der Waals surface area (Å²) in [5, 5.41) is 3.98. The van der Waals surface area contributed by atoms with Crippen molar-refractivity contribution in [3.8, 4) is 0 Å². The number of allylic oxidation sites excluding steroid dienone is 1. The van der Waals surface area contributed by atoms with Crippen LogP contribution in [0.25, 0.3) is 0 Å². The molecule has 2 heterocycles. The number of hydrogen-bond acceptors (Lipinski definition) is 5. The van der Waals surface area contributed by atoms with Crippen LogP contribution in [0, 0.1) is 5.41 Å². The lowest BCUT2D eigenvalue weighted by Gasteiger charge is -2.28. The van der Waals surface area contributed by atoms with Crippen LogP contribution in [-0.4, -0.2) is 37.6 Å². The molecule has 0 spiro atoms. The van der Waals surface area contributed by atoms with E-state index in [1.165, 1.54) is 7.11 Å². The molecule has 0 aromatic rings. The first-order chi connectivity index (χ1) is 9.41. The number of ether oxygens (including phenoxy) is 2. The highest BCUT2D eigenvalue weighted by atomic mass is 32.2. The number of rotatable bonds is 3. The zero-order valence-electron chi connectivity index (χ0n) is 12.8. The molecule has 20 heavy (non-hydrogen) atoms. The van der Waals surface area contributed by atoms with Gasteiger partial charge in [-0.25, -0.2) is 4.79 Å². The molecule has 1 fully saturated rings. The molecule has 0 radical (unpaired) electrons. The Morgan fingerprint density at radius 1 is 1.35 bits per heavy atom. The SMILES string of the molecule is COC(=O)C1=C(NC2CCOCC2)CC(C(C)(C)C)S1. The fourth-order valence-corrected chi connectivity index (χ4v) is 3.85. The molecular weight excluding hydrogens is 274 g/mol. The average Bonchev–Trinajstić information content (AvgIpc) is 2.83. The number of carbonyl (C=O) groups excluding carboxylic acids is 1. The van der Waals surface area contributed by atoms with Crippen molar-refractivity contribution >= 4 is 17.7 Å². The van der Waals surface area contributed by atoms with E-state index in [0.717, 1.165) is 43.1 Å². The van der Waals surface area contributed by atoms with Gasteiger partial charge in [0.1, 0.15) is 4.91 Å². The van der Waals surface area contributed by atoms with Gasteiger partial charge in [-0.05, 0) is 18.3 Å². The summed E-state index contributed by atoms with van der Waals surface area (Å²) < 4.78 is 10.3. The molecule has 1 unspecified atom stereocenters. The summed E-state index contributed by atoms with van der Waals surface area (Å²) in [6, 6.07) is 0.415. The van der Waals surface area contributed by atoms with Gasteiger partial charge < -0.3 is 14.8 Å². The second-order valence-corrected chi connectivity index (χ2v) is 7.72. The molecule has 114 valence electrons. The first-order valence-corrected chi connectivity index (χ1v) is 8.12. The number of esters is 1. The number of carbonyl (C=O) groups is 1. The zero-order chi connectivity index (χ0) is 14.8. The minimum atomic E-state index is -0.212. The van der Waals surface area contributed by atoms with Gasteiger partial charge in [0.05, 0.1) is 7.11 Å². The van der Waals surface area contributed by atoms with Crippen molar-refractivity contribution in [1.82, 2.24) is 5.32 Å². The molecule has 2 aliphatic heterocycles. The molecule has 0 aromatic heterocycles. The molecule has 0 aliphatic carbocycles. The van der Waals surface area contributed by atoms with E-state index in [1.54, 1.807) is 11.8 Å². The quantitative estimate of drug-likeness (QED) is 0.812.